The van der Waals surface area contributed by atoms with Gasteiger partial charge in [-0.2, -0.15) is 0 Å². The molecule has 0 bridgehead atoms. The average Bonchev–Trinajstić information content (AvgIpc) is 2.53. The van der Waals surface area contributed by atoms with Crippen LogP contribution in [0.5, 0.6) is 0 Å². The van der Waals surface area contributed by atoms with Crippen LogP contribution in [0.1, 0.15) is 97.3 Å². The minimum absolute atomic E-state index is 0.382. The Bertz CT molecular complexity index is 301. The van der Waals surface area contributed by atoms with Crippen molar-refractivity contribution in [2.45, 2.75) is 97.3 Å². The van der Waals surface area contributed by atoms with Gasteiger partial charge in [0, 0.05) is 5.92 Å². The van der Waals surface area contributed by atoms with E-state index in [0.717, 1.165) is 30.1 Å². The average molecular weight is 307 g/mol. The minimum atomic E-state index is 0.382. The second kappa shape index (κ2) is 9.73. The molecular weight excluding hydrogens is 268 g/mol. The lowest BCUT2D eigenvalue weighted by atomic mass is 9.71. The monoisotopic (exact) mass is 306 g/mol. The molecule has 1 heteroatoms. The topological polar surface area (TPSA) is 17.1 Å². The molecule has 2 aliphatic rings. The van der Waals surface area contributed by atoms with E-state index in [9.17, 15) is 4.79 Å². The fourth-order valence-corrected chi connectivity index (χ4v) is 5.20. The zero-order valence-corrected chi connectivity index (χ0v) is 15.1. The van der Waals surface area contributed by atoms with Crippen molar-refractivity contribution in [3.63, 3.8) is 0 Å². The number of rotatable bonds is 8. The molecular formula is C21H38O. The molecule has 2 saturated carbocycles. The summed E-state index contributed by atoms with van der Waals surface area (Å²) < 4.78 is 0. The van der Waals surface area contributed by atoms with Crippen LogP contribution in [0.25, 0.3) is 0 Å². The molecule has 1 nitrogen and oxygen atoms in total. The van der Waals surface area contributed by atoms with Crippen molar-refractivity contribution in [1.82, 2.24) is 0 Å². The van der Waals surface area contributed by atoms with Crippen molar-refractivity contribution in [3.8, 4) is 0 Å². The Hall–Kier alpha value is -0.330. The number of carbonyl (C=O) groups excluding carboxylic acids is 1. The molecule has 22 heavy (non-hydrogen) atoms. The van der Waals surface area contributed by atoms with Crippen molar-refractivity contribution >= 4 is 6.29 Å². The number of unbranched alkanes of at least 4 members (excludes halogenated alkanes) is 3. The van der Waals surface area contributed by atoms with Gasteiger partial charge in [0.05, 0.1) is 0 Å². The third kappa shape index (κ3) is 5.70. The summed E-state index contributed by atoms with van der Waals surface area (Å²) in [5.41, 5.74) is 0. The van der Waals surface area contributed by atoms with Crippen LogP contribution in [0.3, 0.4) is 0 Å². The summed E-state index contributed by atoms with van der Waals surface area (Å²) in [7, 11) is 0. The van der Waals surface area contributed by atoms with E-state index in [1.54, 1.807) is 0 Å². The maximum Gasteiger partial charge on any atom is 0.123 e. The van der Waals surface area contributed by atoms with Crippen molar-refractivity contribution in [2.24, 2.45) is 29.6 Å². The summed E-state index contributed by atoms with van der Waals surface area (Å²) in [6.45, 7) is 4.96. The summed E-state index contributed by atoms with van der Waals surface area (Å²) >= 11 is 0. The Balaban J connectivity index is 1.51. The normalized spacial score (nSPS) is 36.2. The second-order valence-electron chi connectivity index (χ2n) is 8.47. The van der Waals surface area contributed by atoms with Gasteiger partial charge in [0.25, 0.3) is 0 Å². The second-order valence-corrected chi connectivity index (χ2v) is 8.47. The smallest absolute Gasteiger partial charge is 0.123 e. The summed E-state index contributed by atoms with van der Waals surface area (Å²) in [6, 6.07) is 0. The molecule has 0 amide bonds. The summed E-state index contributed by atoms with van der Waals surface area (Å²) in [4.78, 5) is 10.9. The predicted molar refractivity (Wildman–Crippen MR) is 94.9 cm³/mol. The molecule has 2 rings (SSSR count). The van der Waals surface area contributed by atoms with E-state index in [2.05, 4.69) is 13.8 Å². The molecule has 0 aliphatic heterocycles. The van der Waals surface area contributed by atoms with Crippen LogP contribution >= 0.6 is 0 Å². The molecule has 4 atom stereocenters. The zero-order valence-electron chi connectivity index (χ0n) is 15.1. The molecule has 0 aromatic heterocycles. The van der Waals surface area contributed by atoms with Gasteiger partial charge in [-0.05, 0) is 42.9 Å². The largest absolute Gasteiger partial charge is 0.303 e. The van der Waals surface area contributed by atoms with Gasteiger partial charge in [-0.3, -0.25) is 0 Å². The Morgan fingerprint density at radius 3 is 2.14 bits per heavy atom. The van der Waals surface area contributed by atoms with E-state index in [0.29, 0.717) is 5.92 Å². The number of aldehydes is 1. The summed E-state index contributed by atoms with van der Waals surface area (Å²) in [5, 5.41) is 0. The van der Waals surface area contributed by atoms with Crippen LogP contribution in [0.15, 0.2) is 0 Å². The van der Waals surface area contributed by atoms with E-state index >= 15 is 0 Å². The molecule has 0 saturated heterocycles. The molecule has 2 aliphatic carbocycles. The van der Waals surface area contributed by atoms with Crippen LogP contribution < -0.4 is 0 Å². The summed E-state index contributed by atoms with van der Waals surface area (Å²) in [5.74, 6) is 4.16. The van der Waals surface area contributed by atoms with E-state index in [-0.39, 0.29) is 0 Å². The maximum absolute atomic E-state index is 10.9. The van der Waals surface area contributed by atoms with Gasteiger partial charge in [0.1, 0.15) is 6.29 Å². The molecule has 0 radical (unpaired) electrons. The van der Waals surface area contributed by atoms with Crippen LogP contribution in [-0.4, -0.2) is 6.29 Å². The van der Waals surface area contributed by atoms with E-state index < -0.39 is 0 Å². The van der Waals surface area contributed by atoms with Gasteiger partial charge in [-0.1, -0.05) is 78.1 Å². The van der Waals surface area contributed by atoms with Crippen LogP contribution in [0.4, 0.5) is 0 Å². The zero-order chi connectivity index (χ0) is 15.8. The first-order chi connectivity index (χ1) is 10.7. The lowest BCUT2D eigenvalue weighted by Crippen LogP contribution is -2.24. The molecule has 0 spiro atoms. The van der Waals surface area contributed by atoms with Crippen LogP contribution in [-0.2, 0) is 4.79 Å². The van der Waals surface area contributed by atoms with Crippen molar-refractivity contribution in [3.05, 3.63) is 0 Å². The van der Waals surface area contributed by atoms with Gasteiger partial charge in [-0.15, -0.1) is 0 Å². The van der Waals surface area contributed by atoms with Gasteiger partial charge in [0.15, 0.2) is 0 Å². The lowest BCUT2D eigenvalue weighted by Gasteiger charge is -2.34. The molecule has 0 aromatic rings. The van der Waals surface area contributed by atoms with Crippen LogP contribution in [0, 0.1) is 29.6 Å². The highest BCUT2D eigenvalue weighted by Gasteiger charge is 2.26. The van der Waals surface area contributed by atoms with Crippen molar-refractivity contribution in [1.29, 1.82) is 0 Å². The SMILES string of the molecule is CC1CCCC(C)C1CCCCCCC1CCCC(C=O)C1. The Morgan fingerprint density at radius 2 is 1.45 bits per heavy atom. The quantitative estimate of drug-likeness (QED) is 0.374. The third-order valence-corrected chi connectivity index (χ3v) is 6.70. The molecule has 4 unspecified atom stereocenters. The highest BCUT2D eigenvalue weighted by molar-refractivity contribution is 5.53. The lowest BCUT2D eigenvalue weighted by molar-refractivity contribution is -0.112. The van der Waals surface area contributed by atoms with E-state index in [1.807, 2.05) is 0 Å². The first-order valence-corrected chi connectivity index (χ1v) is 10.2. The fraction of sp³-hybridized carbons (Fsp3) is 0.952. The van der Waals surface area contributed by atoms with E-state index in [4.69, 9.17) is 0 Å². The molecule has 0 aromatic carbocycles. The predicted octanol–water partition coefficient (Wildman–Crippen LogP) is 6.40. The van der Waals surface area contributed by atoms with Gasteiger partial charge in [0.2, 0.25) is 0 Å². The first kappa shape index (κ1) is 18.0. The standard InChI is InChI=1S/C21H38O/c1-17-9-7-10-18(2)21(17)14-6-4-3-5-11-19-12-8-13-20(15-19)16-22/h16-21H,3-15H2,1-2H3. The Morgan fingerprint density at radius 1 is 0.818 bits per heavy atom. The summed E-state index contributed by atoms with van der Waals surface area (Å²) in [6.07, 6.45) is 19.1. The highest BCUT2D eigenvalue weighted by atomic mass is 16.1. The molecule has 128 valence electrons. The minimum Gasteiger partial charge on any atom is -0.303 e. The fourth-order valence-electron chi connectivity index (χ4n) is 5.20. The van der Waals surface area contributed by atoms with Crippen molar-refractivity contribution in [2.75, 3.05) is 0 Å². The van der Waals surface area contributed by atoms with Gasteiger partial charge in [-0.25, -0.2) is 0 Å². The number of carbonyl (C=O) groups is 1. The number of hydrogen-bond donors (Lipinski definition) is 0. The highest BCUT2D eigenvalue weighted by Crippen LogP contribution is 2.37. The first-order valence-electron chi connectivity index (χ1n) is 10.2. The molecule has 2 fully saturated rings. The third-order valence-electron chi connectivity index (χ3n) is 6.70. The van der Waals surface area contributed by atoms with Gasteiger partial charge < -0.3 is 4.79 Å². The number of hydrogen-bond acceptors (Lipinski definition) is 1. The van der Waals surface area contributed by atoms with Crippen molar-refractivity contribution < 1.29 is 4.79 Å². The molecule has 0 N–H and O–H groups in total. The Kier molecular flexibility index (Phi) is 7.97. The Labute approximate surface area is 138 Å². The van der Waals surface area contributed by atoms with Gasteiger partial charge >= 0.3 is 0 Å². The van der Waals surface area contributed by atoms with Crippen LogP contribution in [0.2, 0.25) is 0 Å². The molecule has 0 heterocycles. The maximum atomic E-state index is 10.9. The van der Waals surface area contributed by atoms with E-state index in [1.165, 1.54) is 83.3 Å².